The molecule has 1 aromatic carbocycles. The second-order valence-electron chi connectivity index (χ2n) is 4.57. The Morgan fingerprint density at radius 3 is 3.11 bits per heavy atom. The smallest absolute Gasteiger partial charge is 0.127 e. The van der Waals surface area contributed by atoms with Crippen LogP contribution in [0, 0.1) is 11.3 Å². The average molecular weight is 321 g/mol. The van der Waals surface area contributed by atoms with E-state index in [4.69, 9.17) is 10.00 Å². The van der Waals surface area contributed by atoms with Gasteiger partial charge in [0.15, 0.2) is 0 Å². The summed E-state index contributed by atoms with van der Waals surface area (Å²) in [6, 6.07) is 8.21. The molecule has 0 amide bonds. The first-order valence-electron chi connectivity index (χ1n) is 6.49. The Morgan fingerprint density at radius 1 is 1.37 bits per heavy atom. The van der Waals surface area contributed by atoms with Crippen molar-refractivity contribution in [2.75, 3.05) is 19.7 Å². The highest BCUT2D eigenvalue weighted by molar-refractivity contribution is 9.10. The molecule has 1 heterocycles. The molecule has 0 saturated heterocycles. The van der Waals surface area contributed by atoms with Gasteiger partial charge in [-0.05, 0) is 49.2 Å². The third-order valence-electron chi connectivity index (χ3n) is 2.99. The zero-order valence-electron chi connectivity index (χ0n) is 10.8. The van der Waals surface area contributed by atoms with E-state index in [-0.39, 0.29) is 0 Å². The molecule has 19 heavy (non-hydrogen) atoms. The van der Waals surface area contributed by atoms with Crippen molar-refractivity contribution < 1.29 is 4.74 Å². The lowest BCUT2D eigenvalue weighted by molar-refractivity contribution is 0.343. The van der Waals surface area contributed by atoms with Gasteiger partial charge >= 0.3 is 0 Å². The van der Waals surface area contributed by atoms with Crippen LogP contribution in [-0.2, 0) is 0 Å². The Balaban J connectivity index is 1.81. The summed E-state index contributed by atoms with van der Waals surface area (Å²) in [5.74, 6) is 0.945. The van der Waals surface area contributed by atoms with Crippen LogP contribution in [0.1, 0.15) is 24.8 Å². The first kappa shape index (κ1) is 14.1. The zero-order valence-corrected chi connectivity index (χ0v) is 12.4. The lowest BCUT2D eigenvalue weighted by atomic mass is 10.1. The SMILES string of the molecule is N#CCCCCNCC1=Cc2cc(Br)ccc2OC1. The van der Waals surface area contributed by atoms with E-state index < -0.39 is 0 Å². The third-order valence-corrected chi connectivity index (χ3v) is 3.48. The fourth-order valence-electron chi connectivity index (χ4n) is 2.00. The van der Waals surface area contributed by atoms with Crippen molar-refractivity contribution in [1.29, 1.82) is 5.26 Å². The van der Waals surface area contributed by atoms with Gasteiger partial charge in [-0.15, -0.1) is 0 Å². The Morgan fingerprint density at radius 2 is 2.26 bits per heavy atom. The van der Waals surface area contributed by atoms with Gasteiger partial charge in [-0.25, -0.2) is 0 Å². The van der Waals surface area contributed by atoms with E-state index in [9.17, 15) is 0 Å². The molecule has 0 atom stereocenters. The number of nitrogens with one attached hydrogen (secondary N) is 1. The maximum absolute atomic E-state index is 8.44. The highest BCUT2D eigenvalue weighted by Crippen LogP contribution is 2.28. The summed E-state index contributed by atoms with van der Waals surface area (Å²) in [7, 11) is 0. The van der Waals surface area contributed by atoms with Gasteiger partial charge in [0.1, 0.15) is 12.4 Å². The molecule has 0 bridgehead atoms. The Kier molecular flexibility index (Phi) is 5.44. The highest BCUT2D eigenvalue weighted by atomic mass is 79.9. The van der Waals surface area contributed by atoms with E-state index in [1.165, 1.54) is 5.57 Å². The van der Waals surface area contributed by atoms with Gasteiger partial charge in [0, 0.05) is 23.0 Å². The number of nitrogens with zero attached hydrogens (tertiary/aromatic N) is 1. The van der Waals surface area contributed by atoms with Crippen molar-refractivity contribution >= 4 is 22.0 Å². The maximum atomic E-state index is 8.44. The minimum absolute atomic E-state index is 0.648. The van der Waals surface area contributed by atoms with Crippen LogP contribution in [-0.4, -0.2) is 19.7 Å². The number of benzene rings is 1. The van der Waals surface area contributed by atoms with Crippen LogP contribution in [0.4, 0.5) is 0 Å². The minimum Gasteiger partial charge on any atom is -0.489 e. The lowest BCUT2D eigenvalue weighted by Crippen LogP contribution is -2.22. The largest absolute Gasteiger partial charge is 0.489 e. The summed E-state index contributed by atoms with van der Waals surface area (Å²) in [5, 5.41) is 11.8. The highest BCUT2D eigenvalue weighted by Gasteiger charge is 2.11. The van der Waals surface area contributed by atoms with Crippen molar-refractivity contribution in [3.05, 3.63) is 33.8 Å². The van der Waals surface area contributed by atoms with E-state index in [0.717, 1.165) is 41.7 Å². The lowest BCUT2D eigenvalue weighted by Gasteiger charge is -2.18. The van der Waals surface area contributed by atoms with Gasteiger partial charge in [-0.1, -0.05) is 15.9 Å². The molecular formula is C15H17BrN2O. The Hall–Kier alpha value is -1.31. The van der Waals surface area contributed by atoms with Gasteiger partial charge in [0.05, 0.1) is 6.07 Å². The number of unbranched alkanes of at least 4 members (excludes halogenated alkanes) is 2. The van der Waals surface area contributed by atoms with Crippen LogP contribution in [0.15, 0.2) is 28.2 Å². The zero-order chi connectivity index (χ0) is 13.5. The van der Waals surface area contributed by atoms with Crippen molar-refractivity contribution in [3.63, 3.8) is 0 Å². The number of hydrogen-bond acceptors (Lipinski definition) is 3. The molecule has 0 aromatic heterocycles. The average Bonchev–Trinajstić information content (AvgIpc) is 2.42. The van der Waals surface area contributed by atoms with Crippen LogP contribution in [0.2, 0.25) is 0 Å². The summed E-state index contributed by atoms with van der Waals surface area (Å²) in [6.45, 7) is 2.45. The maximum Gasteiger partial charge on any atom is 0.127 e. The summed E-state index contributed by atoms with van der Waals surface area (Å²) in [4.78, 5) is 0. The number of fused-ring (bicyclic) bond motifs is 1. The fraction of sp³-hybridized carbons (Fsp3) is 0.400. The molecule has 1 aliphatic heterocycles. The predicted molar refractivity (Wildman–Crippen MR) is 79.9 cm³/mol. The van der Waals surface area contributed by atoms with E-state index in [0.29, 0.717) is 13.0 Å². The van der Waals surface area contributed by atoms with E-state index in [1.807, 2.05) is 12.1 Å². The number of nitriles is 1. The molecule has 100 valence electrons. The van der Waals surface area contributed by atoms with Crippen molar-refractivity contribution in [1.82, 2.24) is 5.32 Å². The molecule has 4 heteroatoms. The van der Waals surface area contributed by atoms with E-state index in [1.54, 1.807) is 0 Å². The predicted octanol–water partition coefficient (Wildman–Crippen LogP) is 3.51. The van der Waals surface area contributed by atoms with Crippen LogP contribution >= 0.6 is 15.9 Å². The fourth-order valence-corrected chi connectivity index (χ4v) is 2.38. The van der Waals surface area contributed by atoms with Crippen molar-refractivity contribution in [2.24, 2.45) is 0 Å². The normalized spacial score (nSPS) is 13.2. The van der Waals surface area contributed by atoms with Crippen LogP contribution in [0.5, 0.6) is 5.75 Å². The second-order valence-corrected chi connectivity index (χ2v) is 5.48. The summed E-state index contributed by atoms with van der Waals surface area (Å²) >= 11 is 3.47. The molecule has 0 spiro atoms. The molecule has 0 fully saturated rings. The molecule has 0 unspecified atom stereocenters. The van der Waals surface area contributed by atoms with E-state index in [2.05, 4.69) is 39.5 Å². The monoisotopic (exact) mass is 320 g/mol. The van der Waals surface area contributed by atoms with Crippen LogP contribution < -0.4 is 10.1 Å². The van der Waals surface area contributed by atoms with Gasteiger partial charge < -0.3 is 10.1 Å². The molecule has 3 nitrogen and oxygen atoms in total. The standard InChI is InChI=1S/C15H17BrN2O/c16-14-4-5-15-13(9-14)8-12(11-19-15)10-18-7-3-1-2-6-17/h4-5,8-9,18H,1-3,7,10-11H2. The second kappa shape index (κ2) is 7.32. The first-order chi connectivity index (χ1) is 9.29. The minimum atomic E-state index is 0.648. The number of hydrogen-bond donors (Lipinski definition) is 1. The summed E-state index contributed by atoms with van der Waals surface area (Å²) < 4.78 is 6.78. The first-order valence-corrected chi connectivity index (χ1v) is 7.28. The number of ether oxygens (including phenoxy) is 1. The van der Waals surface area contributed by atoms with Gasteiger partial charge in [-0.2, -0.15) is 5.26 Å². The van der Waals surface area contributed by atoms with Gasteiger partial charge in [-0.3, -0.25) is 0 Å². The van der Waals surface area contributed by atoms with E-state index >= 15 is 0 Å². The molecule has 0 aliphatic carbocycles. The topological polar surface area (TPSA) is 45.0 Å². The quantitative estimate of drug-likeness (QED) is 0.816. The molecule has 1 aromatic rings. The Labute approximate surface area is 122 Å². The van der Waals surface area contributed by atoms with Crippen molar-refractivity contribution in [3.8, 4) is 11.8 Å². The van der Waals surface area contributed by atoms with Crippen molar-refractivity contribution in [2.45, 2.75) is 19.3 Å². The third kappa shape index (κ3) is 4.38. The Bertz CT molecular complexity index is 505. The number of halogens is 1. The van der Waals surface area contributed by atoms with Gasteiger partial charge in [0.25, 0.3) is 0 Å². The molecule has 1 aliphatic rings. The summed E-state index contributed by atoms with van der Waals surface area (Å²) in [5.41, 5.74) is 2.38. The molecule has 1 N–H and O–H groups in total. The van der Waals surface area contributed by atoms with Gasteiger partial charge in [0.2, 0.25) is 0 Å². The summed E-state index contributed by atoms with van der Waals surface area (Å²) in [6.07, 6.45) is 4.85. The molecule has 0 saturated carbocycles. The molecule has 2 rings (SSSR count). The van der Waals surface area contributed by atoms with Crippen LogP contribution in [0.25, 0.3) is 6.08 Å². The molecular weight excluding hydrogens is 304 g/mol. The number of rotatable bonds is 6. The molecule has 0 radical (unpaired) electrons. The van der Waals surface area contributed by atoms with Crippen LogP contribution in [0.3, 0.4) is 0 Å².